The standard InChI is InChI=1S/C13H14Cl2N4O2/c1-3-16-11-9(14)5-10(15)12(18-11)19-7-8(6-17-19)13(20)21-4-2/h5-7H,3-4H2,1-2H3,(H,16,18). The highest BCUT2D eigenvalue weighted by atomic mass is 35.5. The molecule has 21 heavy (non-hydrogen) atoms. The van der Waals surface area contributed by atoms with Gasteiger partial charge in [-0.05, 0) is 19.9 Å². The number of hydrogen-bond acceptors (Lipinski definition) is 5. The van der Waals surface area contributed by atoms with E-state index in [0.717, 1.165) is 0 Å². The zero-order chi connectivity index (χ0) is 15.4. The Morgan fingerprint density at radius 1 is 1.38 bits per heavy atom. The number of anilines is 1. The number of nitrogens with one attached hydrogen (secondary N) is 1. The monoisotopic (exact) mass is 328 g/mol. The van der Waals surface area contributed by atoms with Crippen LogP contribution in [0.15, 0.2) is 18.5 Å². The van der Waals surface area contributed by atoms with Crippen molar-refractivity contribution in [1.29, 1.82) is 0 Å². The molecule has 0 spiro atoms. The number of aromatic nitrogens is 3. The third kappa shape index (κ3) is 3.46. The fourth-order valence-electron chi connectivity index (χ4n) is 1.67. The van der Waals surface area contributed by atoms with Crippen LogP contribution in [0, 0.1) is 0 Å². The van der Waals surface area contributed by atoms with Gasteiger partial charge < -0.3 is 10.1 Å². The highest BCUT2D eigenvalue weighted by Gasteiger charge is 2.15. The van der Waals surface area contributed by atoms with Crippen LogP contribution in [0.5, 0.6) is 0 Å². The summed E-state index contributed by atoms with van der Waals surface area (Å²) in [5, 5.41) is 7.86. The van der Waals surface area contributed by atoms with Gasteiger partial charge in [0, 0.05) is 12.7 Å². The molecular weight excluding hydrogens is 315 g/mol. The van der Waals surface area contributed by atoms with Gasteiger partial charge in [-0.25, -0.2) is 14.5 Å². The fourth-order valence-corrected chi connectivity index (χ4v) is 2.18. The largest absolute Gasteiger partial charge is 0.462 e. The van der Waals surface area contributed by atoms with Gasteiger partial charge in [0.15, 0.2) is 5.82 Å². The maximum Gasteiger partial charge on any atom is 0.341 e. The number of rotatable bonds is 5. The van der Waals surface area contributed by atoms with E-state index in [2.05, 4.69) is 15.4 Å². The molecule has 2 aromatic heterocycles. The minimum absolute atomic E-state index is 0.300. The number of esters is 1. The van der Waals surface area contributed by atoms with Crippen LogP contribution in [-0.4, -0.2) is 33.9 Å². The van der Waals surface area contributed by atoms with Gasteiger partial charge in [0.2, 0.25) is 0 Å². The minimum atomic E-state index is -0.444. The van der Waals surface area contributed by atoms with E-state index in [0.29, 0.717) is 40.4 Å². The molecule has 0 atom stereocenters. The lowest BCUT2D eigenvalue weighted by molar-refractivity contribution is 0.0526. The third-order valence-corrected chi connectivity index (χ3v) is 3.13. The first kappa shape index (κ1) is 15.6. The molecule has 0 aliphatic carbocycles. The highest BCUT2D eigenvalue weighted by molar-refractivity contribution is 6.36. The van der Waals surface area contributed by atoms with Crippen LogP contribution >= 0.6 is 23.2 Å². The summed E-state index contributed by atoms with van der Waals surface area (Å²) in [6.07, 6.45) is 2.91. The Labute approximate surface area is 132 Å². The van der Waals surface area contributed by atoms with Crippen molar-refractivity contribution < 1.29 is 9.53 Å². The van der Waals surface area contributed by atoms with Crippen molar-refractivity contribution in [3.8, 4) is 5.82 Å². The van der Waals surface area contributed by atoms with Gasteiger partial charge in [-0.15, -0.1) is 0 Å². The van der Waals surface area contributed by atoms with Gasteiger partial charge in [0.1, 0.15) is 5.82 Å². The van der Waals surface area contributed by atoms with Gasteiger partial charge in [-0.3, -0.25) is 0 Å². The summed E-state index contributed by atoms with van der Waals surface area (Å²) in [6.45, 7) is 4.64. The predicted molar refractivity (Wildman–Crippen MR) is 81.5 cm³/mol. The maximum absolute atomic E-state index is 11.6. The van der Waals surface area contributed by atoms with Gasteiger partial charge >= 0.3 is 5.97 Å². The molecule has 0 aliphatic heterocycles. The van der Waals surface area contributed by atoms with E-state index < -0.39 is 5.97 Å². The van der Waals surface area contributed by atoms with Crippen LogP contribution in [0.4, 0.5) is 5.82 Å². The third-order valence-electron chi connectivity index (χ3n) is 2.57. The Kier molecular flexibility index (Phi) is 5.03. The van der Waals surface area contributed by atoms with E-state index in [1.165, 1.54) is 17.1 Å². The molecule has 2 rings (SSSR count). The lowest BCUT2D eigenvalue weighted by Gasteiger charge is -2.09. The summed E-state index contributed by atoms with van der Waals surface area (Å²) in [4.78, 5) is 16.0. The summed E-state index contributed by atoms with van der Waals surface area (Å²) < 4.78 is 6.32. The zero-order valence-corrected chi connectivity index (χ0v) is 13.1. The van der Waals surface area contributed by atoms with Gasteiger partial charge in [0.25, 0.3) is 0 Å². The van der Waals surface area contributed by atoms with Crippen LogP contribution < -0.4 is 5.32 Å². The molecule has 1 N–H and O–H groups in total. The molecule has 6 nitrogen and oxygen atoms in total. The van der Waals surface area contributed by atoms with Crippen molar-refractivity contribution in [2.45, 2.75) is 13.8 Å². The van der Waals surface area contributed by atoms with Crippen molar-refractivity contribution in [3.05, 3.63) is 34.1 Å². The Hall–Kier alpha value is -1.79. The average molecular weight is 329 g/mol. The van der Waals surface area contributed by atoms with Crippen LogP contribution in [0.25, 0.3) is 5.82 Å². The number of carbonyl (C=O) groups is 1. The Morgan fingerprint density at radius 2 is 2.14 bits per heavy atom. The van der Waals surface area contributed by atoms with E-state index in [4.69, 9.17) is 27.9 Å². The van der Waals surface area contributed by atoms with Crippen LogP contribution in [0.2, 0.25) is 10.0 Å². The van der Waals surface area contributed by atoms with E-state index in [-0.39, 0.29) is 0 Å². The van der Waals surface area contributed by atoms with Crippen LogP contribution in [0.3, 0.4) is 0 Å². The summed E-state index contributed by atoms with van der Waals surface area (Å²) in [5.74, 6) is 0.444. The molecule has 0 amide bonds. The lowest BCUT2D eigenvalue weighted by Crippen LogP contribution is -2.06. The molecule has 0 aromatic carbocycles. The average Bonchev–Trinajstić information content (AvgIpc) is 2.92. The van der Waals surface area contributed by atoms with Gasteiger partial charge in [0.05, 0.1) is 28.4 Å². The van der Waals surface area contributed by atoms with Crippen molar-refractivity contribution in [2.24, 2.45) is 0 Å². The van der Waals surface area contributed by atoms with Crippen molar-refractivity contribution in [3.63, 3.8) is 0 Å². The molecule has 112 valence electrons. The number of ether oxygens (including phenoxy) is 1. The Bertz CT molecular complexity index is 658. The normalized spacial score (nSPS) is 10.5. The second-order valence-corrected chi connectivity index (χ2v) is 4.86. The molecule has 0 fully saturated rings. The molecule has 0 radical (unpaired) electrons. The molecule has 0 bridgehead atoms. The lowest BCUT2D eigenvalue weighted by atomic mass is 10.4. The van der Waals surface area contributed by atoms with Crippen molar-refractivity contribution in [2.75, 3.05) is 18.5 Å². The number of hydrogen-bond donors (Lipinski definition) is 1. The fraction of sp³-hybridized carbons (Fsp3) is 0.308. The first-order valence-electron chi connectivity index (χ1n) is 6.38. The van der Waals surface area contributed by atoms with Crippen molar-refractivity contribution in [1.82, 2.24) is 14.8 Å². The molecule has 0 aliphatic rings. The van der Waals surface area contributed by atoms with Gasteiger partial charge in [-0.1, -0.05) is 23.2 Å². The highest BCUT2D eigenvalue weighted by Crippen LogP contribution is 2.28. The van der Waals surface area contributed by atoms with Gasteiger partial charge in [-0.2, -0.15) is 5.10 Å². The number of nitrogens with zero attached hydrogens (tertiary/aromatic N) is 3. The predicted octanol–water partition coefficient (Wildman–Crippen LogP) is 3.18. The number of carbonyl (C=O) groups excluding carboxylic acids is 1. The molecule has 2 heterocycles. The Morgan fingerprint density at radius 3 is 2.81 bits per heavy atom. The SMILES string of the molecule is CCNc1nc(-n2cc(C(=O)OCC)cn2)c(Cl)cc1Cl. The Balaban J connectivity index is 2.37. The van der Waals surface area contributed by atoms with E-state index >= 15 is 0 Å². The van der Waals surface area contributed by atoms with Crippen LogP contribution in [0.1, 0.15) is 24.2 Å². The molecule has 0 unspecified atom stereocenters. The first-order chi connectivity index (χ1) is 10.1. The molecule has 2 aromatic rings. The summed E-state index contributed by atoms with van der Waals surface area (Å²) in [5.41, 5.74) is 0.328. The first-order valence-corrected chi connectivity index (χ1v) is 7.14. The van der Waals surface area contributed by atoms with Crippen LogP contribution in [-0.2, 0) is 4.74 Å². The maximum atomic E-state index is 11.6. The van der Waals surface area contributed by atoms with Crippen molar-refractivity contribution >= 4 is 35.0 Å². The summed E-state index contributed by atoms with van der Waals surface area (Å²) >= 11 is 12.2. The number of halogens is 2. The molecular formula is C13H14Cl2N4O2. The van der Waals surface area contributed by atoms with E-state index in [9.17, 15) is 4.79 Å². The quantitative estimate of drug-likeness (QED) is 0.853. The summed E-state index contributed by atoms with van der Waals surface area (Å²) in [7, 11) is 0. The van der Waals surface area contributed by atoms with E-state index in [1.54, 1.807) is 13.0 Å². The zero-order valence-electron chi connectivity index (χ0n) is 11.6. The molecule has 8 heteroatoms. The minimum Gasteiger partial charge on any atom is -0.462 e. The second-order valence-electron chi connectivity index (χ2n) is 4.05. The smallest absolute Gasteiger partial charge is 0.341 e. The summed E-state index contributed by atoms with van der Waals surface area (Å²) in [6, 6.07) is 1.58. The molecule has 0 saturated heterocycles. The second kappa shape index (κ2) is 6.78. The number of pyridine rings is 1. The topological polar surface area (TPSA) is 69.0 Å². The van der Waals surface area contributed by atoms with E-state index in [1.807, 2.05) is 6.92 Å². The molecule has 0 saturated carbocycles.